The zero-order valence-electron chi connectivity index (χ0n) is 3.39. The number of hydrogen-bond donors (Lipinski definition) is 0. The molecule has 7 heteroatoms. The smallest absolute Gasteiger partial charge is 0.870 e. The molecular formula is H2CdN4O2. The van der Waals surface area contributed by atoms with Crippen molar-refractivity contribution in [1.29, 1.82) is 0 Å². The van der Waals surface area contributed by atoms with Crippen molar-refractivity contribution < 1.29 is 38.3 Å². The molecule has 0 fully saturated rings. The first-order valence-electron chi connectivity index (χ1n) is 0. The van der Waals surface area contributed by atoms with E-state index in [1.165, 1.54) is 0 Å². The monoisotopic (exact) mass is 204 g/mol. The Balaban J connectivity index is 0. The minimum absolute atomic E-state index is 0. The summed E-state index contributed by atoms with van der Waals surface area (Å²) in [6, 6.07) is 0. The maximum atomic E-state index is 0. The van der Waals surface area contributed by atoms with Gasteiger partial charge in [0.2, 0.25) is 0 Å². The number of hydrogen-bond acceptors (Lipinski definition) is 2. The van der Waals surface area contributed by atoms with Crippen LogP contribution in [0.25, 0.3) is 0 Å². The van der Waals surface area contributed by atoms with Crippen LogP contribution >= 0.6 is 0 Å². The summed E-state index contributed by atoms with van der Waals surface area (Å²) in [7, 11) is 0. The molecule has 0 aromatic carbocycles. The molecule has 12 radical (unpaired) electrons. The van der Waals surface area contributed by atoms with Crippen molar-refractivity contribution in [1.82, 2.24) is 24.6 Å². The molecule has 0 aromatic rings. The molecule has 6 nitrogen and oxygen atoms in total. The van der Waals surface area contributed by atoms with Crippen molar-refractivity contribution in [2.24, 2.45) is 0 Å². The molecule has 7 heavy (non-hydrogen) atoms. The van der Waals surface area contributed by atoms with E-state index in [-0.39, 0.29) is 62.9 Å². The zero-order valence-corrected chi connectivity index (χ0v) is 7.43. The summed E-state index contributed by atoms with van der Waals surface area (Å²) in [6.45, 7) is 0. The Bertz CT molecular complexity index is 9.65. The SMILES string of the molecule is [Cd+2].[N].[N].[N].[N].[OH-].[OH-]. The van der Waals surface area contributed by atoms with E-state index in [0.29, 0.717) is 0 Å². The summed E-state index contributed by atoms with van der Waals surface area (Å²) in [4.78, 5) is 0. The fourth-order valence-electron chi connectivity index (χ4n) is 0. The van der Waals surface area contributed by atoms with Gasteiger partial charge in [0.25, 0.3) is 0 Å². The molecule has 36 valence electrons. The van der Waals surface area contributed by atoms with Gasteiger partial charge >= 0.3 is 27.3 Å². The van der Waals surface area contributed by atoms with Crippen molar-refractivity contribution in [3.63, 3.8) is 0 Å². The molecule has 0 aromatic heterocycles. The van der Waals surface area contributed by atoms with Gasteiger partial charge in [0.1, 0.15) is 0 Å². The van der Waals surface area contributed by atoms with Crippen LogP contribution in [0.15, 0.2) is 0 Å². The summed E-state index contributed by atoms with van der Waals surface area (Å²) < 4.78 is 0. The molecule has 0 heterocycles. The summed E-state index contributed by atoms with van der Waals surface area (Å²) in [6.07, 6.45) is 0. The van der Waals surface area contributed by atoms with E-state index in [4.69, 9.17) is 0 Å². The third-order valence-corrected chi connectivity index (χ3v) is 0. The Kier molecular flexibility index (Phi) is 48800. The molecule has 2 N–H and O–H groups in total. The largest absolute Gasteiger partial charge is 2.00 e. The second kappa shape index (κ2) is 464. The third kappa shape index (κ3) is 315. The van der Waals surface area contributed by atoms with Gasteiger partial charge in [-0.15, -0.1) is 0 Å². The minimum atomic E-state index is 0. The quantitative estimate of drug-likeness (QED) is 0.401. The van der Waals surface area contributed by atoms with E-state index in [2.05, 4.69) is 0 Å². The second-order valence-electron chi connectivity index (χ2n) is 0. The van der Waals surface area contributed by atoms with E-state index in [9.17, 15) is 0 Å². The molecular weight excluding hydrogens is 200 g/mol. The fourth-order valence-corrected chi connectivity index (χ4v) is 0. The second-order valence-corrected chi connectivity index (χ2v) is 0. The molecule has 0 unspecified atom stereocenters. The van der Waals surface area contributed by atoms with Gasteiger partial charge in [0, 0.05) is 24.6 Å². The average molecular weight is 202 g/mol. The molecule has 0 aliphatic rings. The van der Waals surface area contributed by atoms with Gasteiger partial charge in [-0.1, -0.05) is 0 Å². The van der Waals surface area contributed by atoms with Crippen LogP contribution in [0.2, 0.25) is 0 Å². The van der Waals surface area contributed by atoms with Gasteiger partial charge in [-0.3, -0.25) is 0 Å². The van der Waals surface area contributed by atoms with Gasteiger partial charge in [-0.05, 0) is 0 Å². The van der Waals surface area contributed by atoms with Crippen molar-refractivity contribution in [2.45, 2.75) is 0 Å². The van der Waals surface area contributed by atoms with Crippen molar-refractivity contribution in [3.8, 4) is 0 Å². The van der Waals surface area contributed by atoms with Crippen LogP contribution in [-0.2, 0) is 27.3 Å². The van der Waals surface area contributed by atoms with Gasteiger partial charge in [0.05, 0.1) is 0 Å². The third-order valence-electron chi connectivity index (χ3n) is 0. The predicted octanol–water partition coefficient (Wildman–Crippen LogP) is -2.28. The Morgan fingerprint density at radius 1 is 0.429 bits per heavy atom. The molecule has 0 saturated carbocycles. The molecule has 0 aliphatic heterocycles. The number of nitrogens with zero attached hydrogens (tertiary/aromatic N) is 4. The van der Waals surface area contributed by atoms with Crippen molar-refractivity contribution >= 4 is 0 Å². The Labute approximate surface area is 63.2 Å². The molecule has 0 saturated heterocycles. The van der Waals surface area contributed by atoms with Crippen molar-refractivity contribution in [3.05, 3.63) is 0 Å². The first-order chi connectivity index (χ1) is 0. The maximum absolute atomic E-state index is 0. The predicted molar refractivity (Wildman–Crippen MR) is 12.4 cm³/mol. The molecule has 0 rings (SSSR count). The zero-order chi connectivity index (χ0) is 0. The Morgan fingerprint density at radius 2 is 0.429 bits per heavy atom. The van der Waals surface area contributed by atoms with Crippen LogP contribution in [0.1, 0.15) is 0 Å². The van der Waals surface area contributed by atoms with Crippen LogP contribution < -0.4 is 24.6 Å². The first kappa shape index (κ1) is 737. The maximum Gasteiger partial charge on any atom is 2.00 e. The van der Waals surface area contributed by atoms with Crippen LogP contribution in [0, 0.1) is 0 Å². The first-order valence-corrected chi connectivity index (χ1v) is 0. The number of rotatable bonds is 0. The molecule has 0 bridgehead atoms. The van der Waals surface area contributed by atoms with E-state index in [0.717, 1.165) is 0 Å². The van der Waals surface area contributed by atoms with E-state index in [1.807, 2.05) is 0 Å². The van der Waals surface area contributed by atoms with E-state index >= 15 is 0 Å². The van der Waals surface area contributed by atoms with Crippen molar-refractivity contribution in [2.75, 3.05) is 0 Å². The normalized spacial score (nSPS) is 0. The van der Waals surface area contributed by atoms with E-state index < -0.39 is 0 Å². The molecule has 0 atom stereocenters. The molecule has 0 aliphatic carbocycles. The van der Waals surface area contributed by atoms with Crippen LogP contribution in [0.3, 0.4) is 0 Å². The van der Waals surface area contributed by atoms with Gasteiger partial charge in [0.15, 0.2) is 0 Å². The van der Waals surface area contributed by atoms with Crippen LogP contribution in [-0.4, -0.2) is 11.0 Å². The summed E-state index contributed by atoms with van der Waals surface area (Å²) in [5.74, 6) is 0. The summed E-state index contributed by atoms with van der Waals surface area (Å²) in [5.41, 5.74) is 0. The average Bonchev–Trinajstić information content (AvgIpc) is 0. The molecule has 0 amide bonds. The van der Waals surface area contributed by atoms with E-state index in [1.54, 1.807) is 0 Å². The van der Waals surface area contributed by atoms with Gasteiger partial charge < -0.3 is 11.0 Å². The standard InChI is InChI=1S/Cd.4N.2H2O/h;;;;;2*1H2/q+2;;;;;;/p-2. The van der Waals surface area contributed by atoms with Gasteiger partial charge in [-0.25, -0.2) is 0 Å². The summed E-state index contributed by atoms with van der Waals surface area (Å²) in [5, 5.41) is 0. The Hall–Kier alpha value is 0.682. The van der Waals surface area contributed by atoms with Gasteiger partial charge in [-0.2, -0.15) is 0 Å². The topological polar surface area (TPSA) is 182 Å². The van der Waals surface area contributed by atoms with Crippen LogP contribution in [0.5, 0.6) is 0 Å². The van der Waals surface area contributed by atoms with Crippen LogP contribution in [0.4, 0.5) is 0 Å². The molecule has 0 spiro atoms. The minimum Gasteiger partial charge on any atom is -0.870 e. The fraction of sp³-hybridized carbons (Fsp3) is 0. The summed E-state index contributed by atoms with van der Waals surface area (Å²) >= 11 is 0. The Morgan fingerprint density at radius 3 is 0.429 bits per heavy atom.